The number of pyridine rings is 4. The van der Waals surface area contributed by atoms with Crippen molar-refractivity contribution in [2.75, 3.05) is 0 Å². The van der Waals surface area contributed by atoms with Gasteiger partial charge in [0.1, 0.15) is 5.65 Å². The zero-order chi connectivity index (χ0) is 47.1. The molecule has 0 radical (unpaired) electrons. The van der Waals surface area contributed by atoms with Gasteiger partial charge in [-0.05, 0) is 108 Å². The quantitative estimate of drug-likeness (QED) is 0.107. The maximum absolute atomic E-state index is 5.27. The number of hydrogen-bond donors (Lipinski definition) is 0. The second kappa shape index (κ2) is 19.1. The third-order valence-electron chi connectivity index (χ3n) is 13.3. The van der Waals surface area contributed by atoms with Gasteiger partial charge in [-0.15, -0.1) is 101 Å². The molecule has 5 heterocycles. The summed E-state index contributed by atoms with van der Waals surface area (Å²) in [6.07, 6.45) is 8.08. The van der Waals surface area contributed by atoms with E-state index in [4.69, 9.17) is 19.9 Å². The van der Waals surface area contributed by atoms with Crippen LogP contribution in [0.4, 0.5) is 0 Å². The van der Waals surface area contributed by atoms with Crippen LogP contribution in [0.15, 0.2) is 243 Å². The molecular weight excluding hydrogens is 1050 g/mol. The van der Waals surface area contributed by atoms with Crippen molar-refractivity contribution in [2.45, 2.75) is 0 Å². The minimum absolute atomic E-state index is 0. The predicted molar refractivity (Wildman–Crippen MR) is 289 cm³/mol. The van der Waals surface area contributed by atoms with Crippen LogP contribution in [0.1, 0.15) is 0 Å². The van der Waals surface area contributed by atoms with Gasteiger partial charge in [0.05, 0.1) is 5.69 Å². The first-order chi connectivity index (χ1) is 35.2. The van der Waals surface area contributed by atoms with E-state index in [1.807, 2.05) is 85.3 Å². The Morgan fingerprint density at radius 1 is 0.347 bits per heavy atom. The molecule has 13 rings (SSSR count). The van der Waals surface area contributed by atoms with E-state index in [-0.39, 0.29) is 20.1 Å². The molecule has 338 valence electrons. The average Bonchev–Trinajstić information content (AvgIpc) is 3.92. The summed E-state index contributed by atoms with van der Waals surface area (Å²) < 4.78 is 2.19. The van der Waals surface area contributed by atoms with Gasteiger partial charge in [-0.1, -0.05) is 127 Å². The van der Waals surface area contributed by atoms with Crippen molar-refractivity contribution in [3.05, 3.63) is 261 Å². The van der Waals surface area contributed by atoms with E-state index >= 15 is 0 Å². The molecule has 0 saturated carbocycles. The normalized spacial score (nSPS) is 11.2. The third-order valence-corrected chi connectivity index (χ3v) is 13.3. The summed E-state index contributed by atoms with van der Waals surface area (Å²) in [4.78, 5) is 20.3. The number of fused-ring (bicyclic) bond motifs is 6. The van der Waals surface area contributed by atoms with Gasteiger partial charge in [-0.2, -0.15) is 0 Å². The van der Waals surface area contributed by atoms with Crippen LogP contribution in [-0.2, 0) is 20.1 Å². The molecule has 0 bridgehead atoms. The molecule has 0 saturated heterocycles. The zero-order valence-corrected chi connectivity index (χ0v) is 41.1. The van der Waals surface area contributed by atoms with Crippen LogP contribution in [-0.4, -0.2) is 24.3 Å². The van der Waals surface area contributed by atoms with Gasteiger partial charge in [-0.25, -0.2) is 4.98 Å². The van der Waals surface area contributed by atoms with Crippen molar-refractivity contribution in [2.24, 2.45) is 0 Å². The minimum Gasteiger partial charge on any atom is -0.341 e. The maximum atomic E-state index is 5.27. The second-order valence-electron chi connectivity index (χ2n) is 17.6. The summed E-state index contributed by atoms with van der Waals surface area (Å²) in [7, 11) is 0. The van der Waals surface area contributed by atoms with Gasteiger partial charge < -0.3 is 19.4 Å². The van der Waals surface area contributed by atoms with Crippen LogP contribution in [0.25, 0.3) is 128 Å². The van der Waals surface area contributed by atoms with Crippen molar-refractivity contribution in [3.8, 4) is 101 Å². The summed E-state index contributed by atoms with van der Waals surface area (Å²) in [5.41, 5.74) is 21.2. The Morgan fingerprint density at radius 2 is 0.819 bits per heavy atom. The van der Waals surface area contributed by atoms with Crippen LogP contribution in [0.5, 0.6) is 0 Å². The SMILES string of the molecule is [Ir+3].[c-]1ccccc1-c1ccc(-c2ccccc2-c2cc(-c3ccccc3-c3ccc(-c4[c-]cccc4)nc3)cc(-c3ccccc3-c3cnc4c5[c-]cccc5n5cc(-c6ccccc6)nc5c4c3)c2)cn1. The van der Waals surface area contributed by atoms with Gasteiger partial charge in [0.25, 0.3) is 0 Å². The smallest absolute Gasteiger partial charge is 0.341 e. The Balaban J connectivity index is 0.00000530. The third kappa shape index (κ3) is 8.19. The van der Waals surface area contributed by atoms with Gasteiger partial charge >= 0.3 is 20.1 Å². The minimum atomic E-state index is 0. The molecule has 0 N–H and O–H groups in total. The van der Waals surface area contributed by atoms with Gasteiger partial charge in [0.15, 0.2) is 0 Å². The van der Waals surface area contributed by atoms with Crippen molar-refractivity contribution in [3.63, 3.8) is 0 Å². The van der Waals surface area contributed by atoms with Gasteiger partial charge in [0, 0.05) is 41.3 Å². The Labute approximate surface area is 431 Å². The van der Waals surface area contributed by atoms with Crippen molar-refractivity contribution < 1.29 is 20.1 Å². The van der Waals surface area contributed by atoms with E-state index < -0.39 is 0 Å². The Hall–Kier alpha value is -8.93. The molecule has 0 atom stereocenters. The number of imidazole rings is 1. The average molecular weight is 1100 g/mol. The molecule has 0 aliphatic rings. The Morgan fingerprint density at radius 3 is 1.32 bits per heavy atom. The number of aromatic nitrogens is 5. The molecule has 6 heteroatoms. The standard InChI is InChI=1S/C66H40N5.Ir/c1-4-18-44(19-5-1)61-34-32-47(40-67-61)53-24-10-12-26-55(53)49-36-50(56-27-13-11-25-54(56)48-33-35-62(68-41-48)45-20-6-2-7-21-45)38-51(37-49)57-28-14-15-29-58(57)52-39-60-65(69-42-52)59-30-16-17-31-64(59)71-43-63(70-66(60)71)46-22-8-3-9-23-46;/h1-18,20,22-29,31-43H;/q-3;+3. The first kappa shape index (κ1) is 44.3. The number of benzene rings is 8. The van der Waals surface area contributed by atoms with Crippen LogP contribution in [0.2, 0.25) is 0 Å². The monoisotopic (exact) mass is 1100 g/mol. The number of hydrogen-bond acceptors (Lipinski definition) is 4. The Bertz CT molecular complexity index is 3930. The summed E-state index contributed by atoms with van der Waals surface area (Å²) >= 11 is 0. The fraction of sp³-hybridized carbons (Fsp3) is 0. The van der Waals surface area contributed by atoms with Crippen LogP contribution >= 0.6 is 0 Å². The van der Waals surface area contributed by atoms with E-state index in [1.54, 1.807) is 0 Å². The van der Waals surface area contributed by atoms with E-state index in [0.717, 1.165) is 128 Å². The molecule has 0 aliphatic carbocycles. The fourth-order valence-corrected chi connectivity index (χ4v) is 9.89. The first-order valence-electron chi connectivity index (χ1n) is 23.7. The van der Waals surface area contributed by atoms with E-state index in [9.17, 15) is 0 Å². The largest absolute Gasteiger partial charge is 3.00 e. The van der Waals surface area contributed by atoms with Crippen LogP contribution in [0.3, 0.4) is 0 Å². The first-order valence-corrected chi connectivity index (χ1v) is 23.7. The predicted octanol–water partition coefficient (Wildman–Crippen LogP) is 16.2. The van der Waals surface area contributed by atoms with Gasteiger partial charge in [-0.3, -0.25) is 0 Å². The summed E-state index contributed by atoms with van der Waals surface area (Å²) in [5.74, 6) is 0. The van der Waals surface area contributed by atoms with Crippen molar-refractivity contribution in [1.82, 2.24) is 24.3 Å². The molecule has 0 spiro atoms. The molecule has 0 unspecified atom stereocenters. The molecule has 8 aromatic carbocycles. The van der Waals surface area contributed by atoms with Crippen molar-refractivity contribution >= 4 is 27.5 Å². The van der Waals surface area contributed by atoms with Gasteiger partial charge in [0.2, 0.25) is 0 Å². The zero-order valence-electron chi connectivity index (χ0n) is 38.7. The number of nitrogens with zero attached hydrogens (tertiary/aromatic N) is 5. The molecule has 5 nitrogen and oxygen atoms in total. The molecular formula is C66H40IrN5. The van der Waals surface area contributed by atoms with Crippen LogP contribution in [0, 0.1) is 18.2 Å². The summed E-state index contributed by atoms with van der Waals surface area (Å²) in [6.45, 7) is 0. The summed E-state index contributed by atoms with van der Waals surface area (Å²) in [6, 6.07) is 86.1. The number of rotatable bonds is 9. The molecule has 72 heavy (non-hydrogen) atoms. The molecule has 0 aliphatic heterocycles. The molecule has 5 aromatic heterocycles. The topological polar surface area (TPSA) is 56.0 Å². The molecule has 13 aromatic rings. The van der Waals surface area contributed by atoms with Crippen molar-refractivity contribution in [1.29, 1.82) is 0 Å². The molecule has 0 fully saturated rings. The second-order valence-corrected chi connectivity index (χ2v) is 17.6. The Kier molecular flexibility index (Phi) is 11.8. The molecule has 0 amide bonds. The maximum Gasteiger partial charge on any atom is 3.00 e. The van der Waals surface area contributed by atoms with E-state index in [0.29, 0.717) is 0 Å². The van der Waals surface area contributed by atoms with E-state index in [1.165, 1.54) is 0 Å². The summed E-state index contributed by atoms with van der Waals surface area (Å²) in [5, 5.41) is 1.91. The van der Waals surface area contributed by atoms with E-state index in [2.05, 4.69) is 180 Å². The fourth-order valence-electron chi connectivity index (χ4n) is 9.89. The van der Waals surface area contributed by atoms with Crippen LogP contribution < -0.4 is 0 Å².